The number of phenolic OH excluding ortho intramolecular Hbond substituents is 1. The first kappa shape index (κ1) is 11.7. The van der Waals surface area contributed by atoms with Crippen molar-refractivity contribution in [3.63, 3.8) is 0 Å². The molecule has 0 atom stereocenters. The quantitative estimate of drug-likeness (QED) is 0.757. The van der Waals surface area contributed by atoms with Crippen LogP contribution in [0.5, 0.6) is 5.75 Å². The van der Waals surface area contributed by atoms with Crippen LogP contribution in [0.4, 0.5) is 0 Å². The summed E-state index contributed by atoms with van der Waals surface area (Å²) in [5, 5.41) is 11.0. The van der Waals surface area contributed by atoms with E-state index < -0.39 is 0 Å². The van der Waals surface area contributed by atoms with E-state index in [0.29, 0.717) is 10.8 Å². The Morgan fingerprint density at radius 2 is 1.88 bits per heavy atom. The number of aromatic nitrogens is 1. The van der Waals surface area contributed by atoms with Gasteiger partial charge in [-0.2, -0.15) is 0 Å². The van der Waals surface area contributed by atoms with E-state index in [1.54, 1.807) is 22.8 Å². The minimum absolute atomic E-state index is 0.0611. The van der Waals surface area contributed by atoms with E-state index in [9.17, 15) is 9.90 Å². The Bertz CT molecular complexity index is 633. The predicted molar refractivity (Wildman–Crippen MR) is 69.6 cm³/mol. The van der Waals surface area contributed by atoms with Crippen LogP contribution in [0.25, 0.3) is 10.8 Å². The molecular formula is C14H17NO2. The van der Waals surface area contributed by atoms with Gasteiger partial charge in [0, 0.05) is 17.1 Å². The van der Waals surface area contributed by atoms with Crippen LogP contribution in [0.3, 0.4) is 0 Å². The van der Waals surface area contributed by atoms with Crippen molar-refractivity contribution in [2.45, 2.75) is 33.2 Å². The zero-order chi connectivity index (χ0) is 12.8. The maximum absolute atomic E-state index is 12.3. The van der Waals surface area contributed by atoms with Crippen molar-refractivity contribution < 1.29 is 5.11 Å². The minimum atomic E-state index is -0.262. The standard InChI is InChI=1S/C14H17NO2/c1-9-8-15(14(2,3)4)13(17)10-6-5-7-11(16)12(9)10/h5-8,16H,1-4H3. The van der Waals surface area contributed by atoms with E-state index in [4.69, 9.17) is 0 Å². The summed E-state index contributed by atoms with van der Waals surface area (Å²) in [5.41, 5.74) is 0.586. The largest absolute Gasteiger partial charge is 0.507 e. The highest BCUT2D eigenvalue weighted by Crippen LogP contribution is 2.26. The van der Waals surface area contributed by atoms with Gasteiger partial charge in [-0.3, -0.25) is 4.79 Å². The van der Waals surface area contributed by atoms with Gasteiger partial charge in [0.2, 0.25) is 0 Å². The number of rotatable bonds is 0. The molecule has 0 aliphatic heterocycles. The Morgan fingerprint density at radius 1 is 1.24 bits per heavy atom. The number of hydrogen-bond acceptors (Lipinski definition) is 2. The van der Waals surface area contributed by atoms with E-state index in [1.807, 2.05) is 33.9 Å². The molecule has 2 rings (SSSR count). The molecule has 3 heteroatoms. The molecule has 0 saturated carbocycles. The SMILES string of the molecule is Cc1cn(C(C)(C)C)c(=O)c2cccc(O)c12. The number of nitrogens with zero attached hydrogens (tertiary/aromatic N) is 1. The third kappa shape index (κ3) is 1.82. The topological polar surface area (TPSA) is 42.2 Å². The van der Waals surface area contributed by atoms with Gasteiger partial charge in [-0.25, -0.2) is 0 Å². The Labute approximate surface area is 100 Å². The van der Waals surface area contributed by atoms with Crippen molar-refractivity contribution in [1.82, 2.24) is 4.57 Å². The minimum Gasteiger partial charge on any atom is -0.507 e. The van der Waals surface area contributed by atoms with Crippen molar-refractivity contribution in [1.29, 1.82) is 0 Å². The van der Waals surface area contributed by atoms with E-state index in [0.717, 1.165) is 5.56 Å². The molecule has 17 heavy (non-hydrogen) atoms. The van der Waals surface area contributed by atoms with Crippen LogP contribution in [-0.4, -0.2) is 9.67 Å². The molecule has 0 radical (unpaired) electrons. The third-order valence-electron chi connectivity index (χ3n) is 2.93. The van der Waals surface area contributed by atoms with Crippen LogP contribution in [0, 0.1) is 6.92 Å². The molecule has 0 saturated heterocycles. The molecule has 0 bridgehead atoms. The van der Waals surface area contributed by atoms with Crippen LogP contribution in [0.2, 0.25) is 0 Å². The molecule has 90 valence electrons. The van der Waals surface area contributed by atoms with Gasteiger partial charge in [-0.05, 0) is 45.4 Å². The highest BCUT2D eigenvalue weighted by Gasteiger charge is 2.17. The second-order valence-electron chi connectivity index (χ2n) is 5.36. The molecule has 0 aliphatic rings. The average molecular weight is 231 g/mol. The van der Waals surface area contributed by atoms with Gasteiger partial charge in [-0.1, -0.05) is 6.07 Å². The fourth-order valence-corrected chi connectivity index (χ4v) is 2.08. The second-order valence-corrected chi connectivity index (χ2v) is 5.36. The van der Waals surface area contributed by atoms with Gasteiger partial charge in [0.05, 0.1) is 5.39 Å². The summed E-state index contributed by atoms with van der Waals surface area (Å²) in [5.74, 6) is 0.165. The smallest absolute Gasteiger partial charge is 0.259 e. The Kier molecular flexibility index (Phi) is 2.49. The van der Waals surface area contributed by atoms with E-state index in [1.165, 1.54) is 0 Å². The summed E-state index contributed by atoms with van der Waals surface area (Å²) < 4.78 is 1.71. The highest BCUT2D eigenvalue weighted by atomic mass is 16.3. The predicted octanol–water partition coefficient (Wildman–Crippen LogP) is 2.77. The summed E-state index contributed by atoms with van der Waals surface area (Å²) >= 11 is 0. The van der Waals surface area contributed by atoms with E-state index in [2.05, 4.69) is 0 Å². The monoisotopic (exact) mass is 231 g/mol. The maximum atomic E-state index is 12.3. The number of fused-ring (bicyclic) bond motifs is 1. The Hall–Kier alpha value is -1.77. The lowest BCUT2D eigenvalue weighted by molar-refractivity contribution is 0.385. The summed E-state index contributed by atoms with van der Waals surface area (Å²) in [6.45, 7) is 7.87. The molecule has 0 spiro atoms. The first-order chi connectivity index (χ1) is 7.82. The number of benzene rings is 1. The van der Waals surface area contributed by atoms with Crippen LogP contribution < -0.4 is 5.56 Å². The maximum Gasteiger partial charge on any atom is 0.259 e. The third-order valence-corrected chi connectivity index (χ3v) is 2.93. The molecule has 0 aliphatic carbocycles. The number of hydrogen-bond donors (Lipinski definition) is 1. The Morgan fingerprint density at radius 3 is 2.47 bits per heavy atom. The van der Waals surface area contributed by atoms with Crippen LogP contribution in [0.15, 0.2) is 29.2 Å². The van der Waals surface area contributed by atoms with Gasteiger partial charge in [0.15, 0.2) is 0 Å². The lowest BCUT2D eigenvalue weighted by Crippen LogP contribution is -2.33. The zero-order valence-electron chi connectivity index (χ0n) is 10.6. The molecule has 0 unspecified atom stereocenters. The summed E-state index contributed by atoms with van der Waals surface area (Å²) in [6.07, 6.45) is 1.81. The molecule has 1 aromatic heterocycles. The summed E-state index contributed by atoms with van der Waals surface area (Å²) in [6, 6.07) is 5.06. The second kappa shape index (κ2) is 3.62. The van der Waals surface area contributed by atoms with E-state index >= 15 is 0 Å². The molecule has 0 amide bonds. The molecule has 3 nitrogen and oxygen atoms in total. The van der Waals surface area contributed by atoms with Gasteiger partial charge in [0.25, 0.3) is 5.56 Å². The molecule has 2 aromatic rings. The lowest BCUT2D eigenvalue weighted by atomic mass is 10.0. The van der Waals surface area contributed by atoms with Crippen LogP contribution in [0.1, 0.15) is 26.3 Å². The molecule has 1 aromatic carbocycles. The van der Waals surface area contributed by atoms with Crippen molar-refractivity contribution in [2.24, 2.45) is 0 Å². The van der Waals surface area contributed by atoms with Crippen molar-refractivity contribution in [2.75, 3.05) is 0 Å². The van der Waals surface area contributed by atoms with Crippen molar-refractivity contribution in [3.8, 4) is 5.75 Å². The number of aryl methyl sites for hydroxylation is 1. The molecule has 1 N–H and O–H groups in total. The number of phenols is 1. The summed E-state index contributed by atoms with van der Waals surface area (Å²) in [4.78, 5) is 12.3. The molecular weight excluding hydrogens is 214 g/mol. The molecule has 0 fully saturated rings. The summed E-state index contributed by atoms with van der Waals surface area (Å²) in [7, 11) is 0. The van der Waals surface area contributed by atoms with Crippen molar-refractivity contribution >= 4 is 10.8 Å². The lowest BCUT2D eigenvalue weighted by Gasteiger charge is -2.23. The fourth-order valence-electron chi connectivity index (χ4n) is 2.08. The Balaban J connectivity index is 2.97. The highest BCUT2D eigenvalue weighted by molar-refractivity contribution is 5.90. The number of aromatic hydroxyl groups is 1. The van der Waals surface area contributed by atoms with E-state index in [-0.39, 0.29) is 16.8 Å². The molecule has 1 heterocycles. The first-order valence-electron chi connectivity index (χ1n) is 5.67. The normalized spacial score (nSPS) is 12.0. The average Bonchev–Trinajstić information content (AvgIpc) is 2.21. The van der Waals surface area contributed by atoms with Crippen LogP contribution >= 0.6 is 0 Å². The zero-order valence-corrected chi connectivity index (χ0v) is 10.6. The number of pyridine rings is 1. The van der Waals surface area contributed by atoms with Gasteiger partial charge < -0.3 is 9.67 Å². The van der Waals surface area contributed by atoms with Gasteiger partial charge in [0.1, 0.15) is 5.75 Å². The fraction of sp³-hybridized carbons (Fsp3) is 0.357. The van der Waals surface area contributed by atoms with Gasteiger partial charge in [-0.15, -0.1) is 0 Å². The van der Waals surface area contributed by atoms with Gasteiger partial charge >= 0.3 is 0 Å². The van der Waals surface area contributed by atoms with Crippen LogP contribution in [-0.2, 0) is 5.54 Å². The first-order valence-corrected chi connectivity index (χ1v) is 5.67. The van der Waals surface area contributed by atoms with Crippen molar-refractivity contribution in [3.05, 3.63) is 40.3 Å².